The summed E-state index contributed by atoms with van der Waals surface area (Å²) < 4.78 is 0. The summed E-state index contributed by atoms with van der Waals surface area (Å²) in [4.78, 5) is 8.58. The molecule has 11 heavy (non-hydrogen) atoms. The van der Waals surface area contributed by atoms with Gasteiger partial charge in [0, 0.05) is 5.69 Å². The van der Waals surface area contributed by atoms with Crippen molar-refractivity contribution in [1.82, 2.24) is 0 Å². The monoisotopic (exact) mass is 152 g/mol. The standard InChI is InChI=1S/C7H9N.CH3NO/c1-6-3-2-4-7(8)5-6;2-1-3/h2-5H,8H2,1H3;1H,(H2,2,3). The summed E-state index contributed by atoms with van der Waals surface area (Å²) >= 11 is 0. The molecule has 0 radical (unpaired) electrons. The summed E-state index contributed by atoms with van der Waals surface area (Å²) in [6.45, 7) is 2.02. The number of rotatable bonds is 0. The van der Waals surface area contributed by atoms with Crippen molar-refractivity contribution < 1.29 is 4.79 Å². The maximum absolute atomic E-state index is 8.58. The molecule has 0 bridgehead atoms. The maximum atomic E-state index is 8.58. The Balaban J connectivity index is 0.000000292. The summed E-state index contributed by atoms with van der Waals surface area (Å²) in [7, 11) is 0. The summed E-state index contributed by atoms with van der Waals surface area (Å²) in [5.41, 5.74) is 11.7. The van der Waals surface area contributed by atoms with Crippen molar-refractivity contribution >= 4 is 12.1 Å². The highest BCUT2D eigenvalue weighted by atomic mass is 16.1. The predicted octanol–water partition coefficient (Wildman–Crippen LogP) is 0.679. The molecule has 1 aromatic carbocycles. The van der Waals surface area contributed by atoms with Gasteiger partial charge in [-0.1, -0.05) is 12.1 Å². The molecule has 0 unspecified atom stereocenters. The molecular formula is C8H12N2O. The molecule has 0 heterocycles. The van der Waals surface area contributed by atoms with Gasteiger partial charge in [0.2, 0.25) is 6.41 Å². The number of carbonyl (C=O) groups is 1. The fraction of sp³-hybridized carbons (Fsp3) is 0.125. The quantitative estimate of drug-likeness (QED) is 0.424. The van der Waals surface area contributed by atoms with E-state index in [-0.39, 0.29) is 6.41 Å². The summed E-state index contributed by atoms with van der Waals surface area (Å²) in [5.74, 6) is 0. The van der Waals surface area contributed by atoms with Crippen molar-refractivity contribution in [1.29, 1.82) is 0 Å². The Morgan fingerprint density at radius 3 is 2.27 bits per heavy atom. The first kappa shape index (κ1) is 9.49. The van der Waals surface area contributed by atoms with Crippen molar-refractivity contribution in [2.75, 3.05) is 5.73 Å². The van der Waals surface area contributed by atoms with Crippen molar-refractivity contribution in [3.05, 3.63) is 29.8 Å². The predicted molar refractivity (Wildman–Crippen MR) is 45.8 cm³/mol. The summed E-state index contributed by atoms with van der Waals surface area (Å²) in [6.07, 6.45) is 0.250. The minimum atomic E-state index is 0.250. The van der Waals surface area contributed by atoms with Crippen LogP contribution in [-0.4, -0.2) is 6.41 Å². The number of anilines is 1. The average Bonchev–Trinajstić information content (AvgIpc) is 1.88. The lowest BCUT2D eigenvalue weighted by Gasteiger charge is -1.91. The molecular weight excluding hydrogens is 140 g/mol. The van der Waals surface area contributed by atoms with E-state index >= 15 is 0 Å². The molecule has 0 spiro atoms. The highest BCUT2D eigenvalue weighted by Gasteiger charge is 1.81. The molecule has 1 amide bonds. The molecule has 3 nitrogen and oxygen atoms in total. The van der Waals surface area contributed by atoms with Crippen LogP contribution in [0.5, 0.6) is 0 Å². The van der Waals surface area contributed by atoms with Gasteiger partial charge in [-0.2, -0.15) is 0 Å². The van der Waals surface area contributed by atoms with Gasteiger partial charge in [0.15, 0.2) is 0 Å². The number of nitrogen functional groups attached to an aromatic ring is 1. The van der Waals surface area contributed by atoms with E-state index < -0.39 is 0 Å². The zero-order chi connectivity index (χ0) is 8.69. The molecule has 3 heteroatoms. The lowest BCUT2D eigenvalue weighted by atomic mass is 10.2. The molecule has 0 saturated heterocycles. The van der Waals surface area contributed by atoms with E-state index in [1.807, 2.05) is 31.2 Å². The SMILES string of the molecule is Cc1cccc(N)c1.NC=O. The van der Waals surface area contributed by atoms with Gasteiger partial charge < -0.3 is 11.5 Å². The van der Waals surface area contributed by atoms with E-state index in [1.165, 1.54) is 5.56 Å². The van der Waals surface area contributed by atoms with Gasteiger partial charge in [0.25, 0.3) is 0 Å². The van der Waals surface area contributed by atoms with Crippen LogP contribution in [0.3, 0.4) is 0 Å². The molecule has 60 valence electrons. The molecule has 1 aromatic rings. The van der Waals surface area contributed by atoms with E-state index in [0.29, 0.717) is 0 Å². The average molecular weight is 152 g/mol. The van der Waals surface area contributed by atoms with Crippen LogP contribution in [0.1, 0.15) is 5.56 Å². The first-order valence-electron chi connectivity index (χ1n) is 3.18. The van der Waals surface area contributed by atoms with Crippen LogP contribution in [0.4, 0.5) is 5.69 Å². The lowest BCUT2D eigenvalue weighted by Crippen LogP contribution is -1.82. The van der Waals surface area contributed by atoms with Crippen LogP contribution in [0.25, 0.3) is 0 Å². The molecule has 0 fully saturated rings. The number of hydrogen-bond acceptors (Lipinski definition) is 2. The van der Waals surface area contributed by atoms with Gasteiger partial charge in [-0.05, 0) is 24.6 Å². The van der Waals surface area contributed by atoms with E-state index in [0.717, 1.165) is 5.69 Å². The van der Waals surface area contributed by atoms with Gasteiger partial charge >= 0.3 is 0 Å². The summed E-state index contributed by atoms with van der Waals surface area (Å²) in [5, 5.41) is 0. The topological polar surface area (TPSA) is 69.1 Å². The Morgan fingerprint density at radius 2 is 2.00 bits per heavy atom. The fourth-order valence-electron chi connectivity index (χ4n) is 0.670. The molecule has 0 atom stereocenters. The number of aryl methyl sites for hydroxylation is 1. The third kappa shape index (κ3) is 4.96. The highest BCUT2D eigenvalue weighted by molar-refractivity contribution is 5.42. The number of carbonyl (C=O) groups excluding carboxylic acids is 1. The Hall–Kier alpha value is -1.51. The zero-order valence-electron chi connectivity index (χ0n) is 6.45. The molecule has 0 aliphatic heterocycles. The van der Waals surface area contributed by atoms with Gasteiger partial charge in [-0.25, -0.2) is 0 Å². The third-order valence-electron chi connectivity index (χ3n) is 1.04. The number of amides is 1. The second kappa shape index (κ2) is 5.29. The molecule has 0 aromatic heterocycles. The van der Waals surface area contributed by atoms with Crippen molar-refractivity contribution in [2.24, 2.45) is 5.73 Å². The highest BCUT2D eigenvalue weighted by Crippen LogP contribution is 2.03. The Bertz CT molecular complexity index is 206. The van der Waals surface area contributed by atoms with Gasteiger partial charge in [-0.3, -0.25) is 4.79 Å². The second-order valence-corrected chi connectivity index (χ2v) is 2.05. The number of hydrogen-bond donors (Lipinski definition) is 2. The van der Waals surface area contributed by atoms with Crippen LogP contribution in [0, 0.1) is 6.92 Å². The smallest absolute Gasteiger partial charge is 0.204 e. The van der Waals surface area contributed by atoms with Crippen LogP contribution >= 0.6 is 0 Å². The number of primary amides is 1. The fourth-order valence-corrected chi connectivity index (χ4v) is 0.670. The van der Waals surface area contributed by atoms with E-state index in [9.17, 15) is 0 Å². The maximum Gasteiger partial charge on any atom is 0.204 e. The second-order valence-electron chi connectivity index (χ2n) is 2.05. The van der Waals surface area contributed by atoms with Gasteiger partial charge in [0.05, 0.1) is 0 Å². The molecule has 0 aliphatic carbocycles. The minimum absolute atomic E-state index is 0.250. The first-order valence-corrected chi connectivity index (χ1v) is 3.18. The number of benzene rings is 1. The Morgan fingerprint density at radius 1 is 1.45 bits per heavy atom. The number of nitrogens with two attached hydrogens (primary N) is 2. The molecule has 0 saturated carbocycles. The molecule has 1 rings (SSSR count). The van der Waals surface area contributed by atoms with Gasteiger partial charge in [-0.15, -0.1) is 0 Å². The van der Waals surface area contributed by atoms with Crippen molar-refractivity contribution in [3.63, 3.8) is 0 Å². The zero-order valence-corrected chi connectivity index (χ0v) is 6.45. The molecule has 4 N–H and O–H groups in total. The van der Waals surface area contributed by atoms with Crippen molar-refractivity contribution in [2.45, 2.75) is 6.92 Å². The normalized spacial score (nSPS) is 7.73. The van der Waals surface area contributed by atoms with Crippen LogP contribution in [-0.2, 0) is 4.79 Å². The van der Waals surface area contributed by atoms with E-state index in [2.05, 4.69) is 5.73 Å². The van der Waals surface area contributed by atoms with Crippen LogP contribution < -0.4 is 11.5 Å². The van der Waals surface area contributed by atoms with E-state index in [4.69, 9.17) is 10.5 Å². The van der Waals surface area contributed by atoms with E-state index in [1.54, 1.807) is 0 Å². The van der Waals surface area contributed by atoms with Crippen LogP contribution in [0.2, 0.25) is 0 Å². The molecule has 0 aliphatic rings. The minimum Gasteiger partial charge on any atom is -0.399 e. The first-order chi connectivity index (χ1) is 5.20. The largest absolute Gasteiger partial charge is 0.399 e. The Labute approximate surface area is 66.0 Å². The third-order valence-corrected chi connectivity index (χ3v) is 1.04. The Kier molecular flexibility index (Phi) is 4.56. The summed E-state index contributed by atoms with van der Waals surface area (Å²) in [6, 6.07) is 7.80. The van der Waals surface area contributed by atoms with Crippen molar-refractivity contribution in [3.8, 4) is 0 Å². The van der Waals surface area contributed by atoms with Crippen LogP contribution in [0.15, 0.2) is 24.3 Å². The lowest BCUT2D eigenvalue weighted by molar-refractivity contribution is -0.106. The van der Waals surface area contributed by atoms with Gasteiger partial charge in [0.1, 0.15) is 0 Å².